The Hall–Kier alpha value is -1.29. The minimum absolute atomic E-state index is 0.0252. The first-order valence-electron chi connectivity index (χ1n) is 5.19. The Bertz CT molecular complexity index is 358. The third-order valence-corrected chi connectivity index (χ3v) is 2.76. The maximum absolute atomic E-state index is 10.6. The van der Waals surface area contributed by atoms with Crippen molar-refractivity contribution < 1.29 is 14.3 Å². The van der Waals surface area contributed by atoms with Crippen molar-refractivity contribution in [3.8, 4) is 0 Å². The first kappa shape index (κ1) is 10.2. The van der Waals surface area contributed by atoms with Crippen molar-refractivity contribution >= 4 is 5.97 Å². The fourth-order valence-electron chi connectivity index (χ4n) is 1.97. The molecule has 1 aromatic rings. The normalized spacial score (nSPS) is 22.1. The lowest BCUT2D eigenvalue weighted by Crippen LogP contribution is -2.19. The van der Waals surface area contributed by atoms with Gasteiger partial charge in [-0.2, -0.15) is 0 Å². The van der Waals surface area contributed by atoms with E-state index in [-0.39, 0.29) is 5.76 Å². The van der Waals surface area contributed by atoms with Crippen LogP contribution >= 0.6 is 0 Å². The first-order chi connectivity index (χ1) is 7.15. The summed E-state index contributed by atoms with van der Waals surface area (Å²) < 4.78 is 5.20. The molecule has 1 aliphatic heterocycles. The van der Waals surface area contributed by atoms with E-state index in [0.717, 1.165) is 31.3 Å². The van der Waals surface area contributed by atoms with Gasteiger partial charge in [-0.1, -0.05) is 6.92 Å². The summed E-state index contributed by atoms with van der Waals surface area (Å²) >= 11 is 0. The lowest BCUT2D eigenvalue weighted by Gasteiger charge is -2.12. The van der Waals surface area contributed by atoms with Gasteiger partial charge in [-0.05, 0) is 31.0 Å². The van der Waals surface area contributed by atoms with E-state index in [1.165, 1.54) is 12.5 Å². The average molecular weight is 209 g/mol. The van der Waals surface area contributed by atoms with Gasteiger partial charge in [-0.3, -0.25) is 4.90 Å². The molecular formula is C11H15NO3. The van der Waals surface area contributed by atoms with Crippen LogP contribution in [-0.4, -0.2) is 29.1 Å². The molecule has 1 aliphatic rings. The molecule has 0 aliphatic carbocycles. The molecule has 82 valence electrons. The molecule has 1 unspecified atom stereocenters. The Kier molecular flexibility index (Phi) is 2.77. The molecule has 0 bridgehead atoms. The highest BCUT2D eigenvalue weighted by atomic mass is 16.4. The van der Waals surface area contributed by atoms with Gasteiger partial charge in [0, 0.05) is 6.54 Å². The molecule has 0 radical (unpaired) electrons. The highest BCUT2D eigenvalue weighted by Gasteiger charge is 2.20. The van der Waals surface area contributed by atoms with Crippen LogP contribution in [0.25, 0.3) is 0 Å². The van der Waals surface area contributed by atoms with Crippen LogP contribution in [0.5, 0.6) is 0 Å². The molecule has 0 amide bonds. The fourth-order valence-corrected chi connectivity index (χ4v) is 1.97. The summed E-state index contributed by atoms with van der Waals surface area (Å²) in [5.41, 5.74) is 0. The van der Waals surface area contributed by atoms with E-state index in [2.05, 4.69) is 11.8 Å². The lowest BCUT2D eigenvalue weighted by molar-refractivity contribution is 0.0658. The molecule has 15 heavy (non-hydrogen) atoms. The number of carbonyl (C=O) groups is 1. The number of carboxylic acid groups (broad SMARTS) is 1. The van der Waals surface area contributed by atoms with Crippen LogP contribution in [0.1, 0.15) is 29.7 Å². The van der Waals surface area contributed by atoms with Gasteiger partial charge >= 0.3 is 5.97 Å². The van der Waals surface area contributed by atoms with E-state index < -0.39 is 5.97 Å². The number of rotatable bonds is 3. The third kappa shape index (κ3) is 2.39. The van der Waals surface area contributed by atoms with Crippen LogP contribution in [0.4, 0.5) is 0 Å². The van der Waals surface area contributed by atoms with Crippen molar-refractivity contribution in [3.05, 3.63) is 23.7 Å². The standard InChI is InChI=1S/C11H15NO3/c1-8-4-5-12(6-8)7-9-2-3-10(15-9)11(13)14/h2-3,8H,4-7H2,1H3,(H,13,14). The predicted molar refractivity (Wildman–Crippen MR) is 54.7 cm³/mol. The highest BCUT2D eigenvalue weighted by Crippen LogP contribution is 2.18. The highest BCUT2D eigenvalue weighted by molar-refractivity contribution is 5.84. The molecule has 1 aromatic heterocycles. The van der Waals surface area contributed by atoms with Crippen LogP contribution in [-0.2, 0) is 6.54 Å². The summed E-state index contributed by atoms with van der Waals surface area (Å²) in [6, 6.07) is 3.25. The van der Waals surface area contributed by atoms with E-state index in [0.29, 0.717) is 0 Å². The molecule has 1 saturated heterocycles. The van der Waals surface area contributed by atoms with Gasteiger partial charge in [-0.25, -0.2) is 4.79 Å². The number of nitrogens with zero attached hydrogens (tertiary/aromatic N) is 1. The average Bonchev–Trinajstić information content (AvgIpc) is 2.76. The molecule has 4 heteroatoms. The number of likely N-dealkylation sites (tertiary alicyclic amines) is 1. The van der Waals surface area contributed by atoms with Crippen molar-refractivity contribution in [1.29, 1.82) is 0 Å². The summed E-state index contributed by atoms with van der Waals surface area (Å²) in [6.45, 7) is 5.09. The van der Waals surface area contributed by atoms with E-state index in [4.69, 9.17) is 9.52 Å². The van der Waals surface area contributed by atoms with E-state index >= 15 is 0 Å². The monoisotopic (exact) mass is 209 g/mol. The van der Waals surface area contributed by atoms with Crippen LogP contribution in [0, 0.1) is 5.92 Å². The van der Waals surface area contributed by atoms with Gasteiger partial charge in [0.2, 0.25) is 5.76 Å². The van der Waals surface area contributed by atoms with Gasteiger partial charge in [0.25, 0.3) is 0 Å². The molecule has 2 heterocycles. The molecule has 1 fully saturated rings. The van der Waals surface area contributed by atoms with Gasteiger partial charge in [0.1, 0.15) is 5.76 Å². The van der Waals surface area contributed by atoms with Crippen molar-refractivity contribution in [2.24, 2.45) is 5.92 Å². The minimum Gasteiger partial charge on any atom is -0.475 e. The topological polar surface area (TPSA) is 53.7 Å². The third-order valence-electron chi connectivity index (χ3n) is 2.76. The zero-order valence-electron chi connectivity index (χ0n) is 8.77. The van der Waals surface area contributed by atoms with Crippen molar-refractivity contribution in [1.82, 2.24) is 4.90 Å². The maximum Gasteiger partial charge on any atom is 0.371 e. The number of furan rings is 1. The Morgan fingerprint density at radius 3 is 3.00 bits per heavy atom. The Labute approximate surface area is 88.5 Å². The zero-order valence-corrected chi connectivity index (χ0v) is 8.77. The number of carboxylic acids is 1. The largest absolute Gasteiger partial charge is 0.475 e. The Morgan fingerprint density at radius 1 is 1.67 bits per heavy atom. The number of hydrogen-bond acceptors (Lipinski definition) is 3. The van der Waals surface area contributed by atoms with Crippen LogP contribution in [0.3, 0.4) is 0 Å². The van der Waals surface area contributed by atoms with Gasteiger partial charge in [-0.15, -0.1) is 0 Å². The molecule has 4 nitrogen and oxygen atoms in total. The smallest absolute Gasteiger partial charge is 0.371 e. The SMILES string of the molecule is CC1CCN(Cc2ccc(C(=O)O)o2)C1. The molecule has 1 atom stereocenters. The fraction of sp³-hybridized carbons (Fsp3) is 0.545. The molecule has 2 rings (SSSR count). The summed E-state index contributed by atoms with van der Waals surface area (Å²) in [5.74, 6) is 0.494. The molecule has 0 saturated carbocycles. The first-order valence-corrected chi connectivity index (χ1v) is 5.19. The molecular weight excluding hydrogens is 194 g/mol. The summed E-state index contributed by atoms with van der Waals surface area (Å²) in [4.78, 5) is 12.9. The second-order valence-electron chi connectivity index (χ2n) is 4.20. The Morgan fingerprint density at radius 2 is 2.47 bits per heavy atom. The molecule has 1 N–H and O–H groups in total. The van der Waals surface area contributed by atoms with Gasteiger partial charge in [0.05, 0.1) is 6.54 Å². The quantitative estimate of drug-likeness (QED) is 0.825. The van der Waals surface area contributed by atoms with Gasteiger partial charge < -0.3 is 9.52 Å². The van der Waals surface area contributed by atoms with Crippen LogP contribution in [0.15, 0.2) is 16.5 Å². The van der Waals surface area contributed by atoms with Crippen molar-refractivity contribution in [3.63, 3.8) is 0 Å². The lowest BCUT2D eigenvalue weighted by atomic mass is 10.2. The van der Waals surface area contributed by atoms with E-state index in [1.54, 1.807) is 6.07 Å². The predicted octanol–water partition coefficient (Wildman–Crippen LogP) is 1.82. The zero-order chi connectivity index (χ0) is 10.8. The van der Waals surface area contributed by atoms with Crippen molar-refractivity contribution in [2.45, 2.75) is 19.9 Å². The molecule has 0 spiro atoms. The summed E-state index contributed by atoms with van der Waals surface area (Å²) in [6.07, 6.45) is 1.21. The summed E-state index contributed by atoms with van der Waals surface area (Å²) in [7, 11) is 0. The summed E-state index contributed by atoms with van der Waals surface area (Å²) in [5, 5.41) is 8.69. The minimum atomic E-state index is -1.00. The van der Waals surface area contributed by atoms with Crippen LogP contribution < -0.4 is 0 Å². The van der Waals surface area contributed by atoms with Crippen LogP contribution in [0.2, 0.25) is 0 Å². The maximum atomic E-state index is 10.6. The van der Waals surface area contributed by atoms with E-state index in [9.17, 15) is 4.79 Å². The van der Waals surface area contributed by atoms with Gasteiger partial charge in [0.15, 0.2) is 0 Å². The number of aromatic carboxylic acids is 1. The Balaban J connectivity index is 1.96. The van der Waals surface area contributed by atoms with E-state index in [1.807, 2.05) is 0 Å². The second kappa shape index (κ2) is 4.06. The number of hydrogen-bond donors (Lipinski definition) is 1. The van der Waals surface area contributed by atoms with Crippen molar-refractivity contribution in [2.75, 3.05) is 13.1 Å². The molecule has 0 aromatic carbocycles. The second-order valence-corrected chi connectivity index (χ2v) is 4.20.